The molecule has 1 saturated heterocycles. The van der Waals surface area contributed by atoms with Gasteiger partial charge in [-0.2, -0.15) is 0 Å². The van der Waals surface area contributed by atoms with E-state index >= 15 is 0 Å². The lowest BCUT2D eigenvalue weighted by molar-refractivity contribution is -0.119. The molecular formula is C24H27N5O3S. The van der Waals surface area contributed by atoms with Gasteiger partial charge in [-0.3, -0.25) is 9.78 Å². The smallest absolute Gasteiger partial charge is 0.250 e. The van der Waals surface area contributed by atoms with E-state index in [0.29, 0.717) is 16.5 Å². The van der Waals surface area contributed by atoms with E-state index in [0.717, 1.165) is 23.6 Å². The van der Waals surface area contributed by atoms with Crippen molar-refractivity contribution in [2.24, 2.45) is 0 Å². The second-order valence-corrected chi connectivity index (χ2v) is 7.97. The number of nitrogens with zero attached hydrogens (tertiary/aromatic N) is 3. The molecule has 2 aromatic heterocycles. The number of methoxy groups -OCH3 is 2. The van der Waals surface area contributed by atoms with Gasteiger partial charge in [-0.25, -0.2) is 0 Å². The minimum atomic E-state index is -0.266. The Kier molecular flexibility index (Phi) is 6.90. The van der Waals surface area contributed by atoms with Crippen LogP contribution in [0.2, 0.25) is 0 Å². The standard InChI is InChI=1S/C24H27N5O3S/c1-4-28-13-7-9-19(28)23-22(17-8-5-6-12-25-17)27-24(33)29(23)16-10-11-20(32-3)18(14-16)26-21(30)15-31-2/h5-14,22-23H,4,15H2,1-3H3,(H,26,30)(H,27,33)/t22-,23+/m0/s1. The first-order chi connectivity index (χ1) is 16.1. The van der Waals surface area contributed by atoms with Gasteiger partial charge in [-0.1, -0.05) is 6.07 Å². The van der Waals surface area contributed by atoms with Gasteiger partial charge in [0.15, 0.2) is 5.11 Å². The number of aromatic nitrogens is 2. The van der Waals surface area contributed by atoms with Crippen LogP contribution in [0.1, 0.15) is 30.4 Å². The zero-order chi connectivity index (χ0) is 23.4. The number of benzene rings is 1. The number of hydrogen-bond acceptors (Lipinski definition) is 5. The van der Waals surface area contributed by atoms with E-state index in [1.807, 2.05) is 42.5 Å². The largest absolute Gasteiger partial charge is 0.495 e. The van der Waals surface area contributed by atoms with E-state index < -0.39 is 0 Å². The van der Waals surface area contributed by atoms with Gasteiger partial charge in [0.2, 0.25) is 5.91 Å². The van der Waals surface area contributed by atoms with Crippen molar-refractivity contribution in [1.82, 2.24) is 14.9 Å². The Morgan fingerprint density at radius 3 is 2.76 bits per heavy atom. The maximum Gasteiger partial charge on any atom is 0.250 e. The van der Waals surface area contributed by atoms with Crippen LogP contribution in [0.4, 0.5) is 11.4 Å². The molecule has 0 saturated carbocycles. The predicted molar refractivity (Wildman–Crippen MR) is 132 cm³/mol. The molecule has 0 aliphatic carbocycles. The summed E-state index contributed by atoms with van der Waals surface area (Å²) < 4.78 is 12.6. The van der Waals surface area contributed by atoms with Gasteiger partial charge >= 0.3 is 0 Å². The van der Waals surface area contributed by atoms with Gasteiger partial charge in [-0.15, -0.1) is 0 Å². The normalized spacial score (nSPS) is 17.7. The fourth-order valence-electron chi connectivity index (χ4n) is 4.18. The highest BCUT2D eigenvalue weighted by atomic mass is 32.1. The van der Waals surface area contributed by atoms with E-state index in [1.165, 1.54) is 7.11 Å². The van der Waals surface area contributed by atoms with Crippen LogP contribution < -0.4 is 20.3 Å². The Morgan fingerprint density at radius 2 is 2.06 bits per heavy atom. The molecule has 0 spiro atoms. The lowest BCUT2D eigenvalue weighted by atomic mass is 10.0. The van der Waals surface area contributed by atoms with Gasteiger partial charge in [-0.05, 0) is 61.6 Å². The lowest BCUT2D eigenvalue weighted by Gasteiger charge is -2.29. The quantitative estimate of drug-likeness (QED) is 0.491. The molecule has 33 heavy (non-hydrogen) atoms. The third kappa shape index (κ3) is 4.55. The Morgan fingerprint density at radius 1 is 1.21 bits per heavy atom. The molecule has 4 rings (SSSR count). The second-order valence-electron chi connectivity index (χ2n) is 7.58. The Balaban J connectivity index is 1.79. The van der Waals surface area contributed by atoms with Crippen molar-refractivity contribution in [3.05, 3.63) is 72.3 Å². The number of ether oxygens (including phenoxy) is 2. The van der Waals surface area contributed by atoms with Crippen molar-refractivity contribution in [1.29, 1.82) is 0 Å². The average Bonchev–Trinajstić information content (AvgIpc) is 3.43. The van der Waals surface area contributed by atoms with Gasteiger partial charge < -0.3 is 29.6 Å². The fraction of sp³-hybridized carbons (Fsp3) is 0.292. The van der Waals surface area contributed by atoms with Gasteiger partial charge in [0, 0.05) is 37.4 Å². The van der Waals surface area contributed by atoms with Crippen LogP contribution in [0, 0.1) is 0 Å². The van der Waals surface area contributed by atoms with Gasteiger partial charge in [0.1, 0.15) is 18.4 Å². The van der Waals surface area contributed by atoms with Gasteiger partial charge in [0.25, 0.3) is 0 Å². The third-order valence-corrected chi connectivity index (χ3v) is 5.93. The summed E-state index contributed by atoms with van der Waals surface area (Å²) in [5, 5.41) is 6.90. The molecule has 1 aliphatic rings. The van der Waals surface area contributed by atoms with Crippen LogP contribution in [0.5, 0.6) is 5.75 Å². The summed E-state index contributed by atoms with van der Waals surface area (Å²) in [6, 6.07) is 15.4. The number of carbonyl (C=O) groups excluding carboxylic acids is 1. The minimum absolute atomic E-state index is 0.0501. The maximum absolute atomic E-state index is 12.2. The number of nitrogens with one attached hydrogen (secondary N) is 2. The van der Waals surface area contributed by atoms with Crippen molar-refractivity contribution in [3.8, 4) is 5.75 Å². The third-order valence-electron chi connectivity index (χ3n) is 5.62. The summed E-state index contributed by atoms with van der Waals surface area (Å²) in [7, 11) is 3.05. The second kappa shape index (κ2) is 10.0. The molecule has 1 fully saturated rings. The molecule has 9 heteroatoms. The lowest BCUT2D eigenvalue weighted by Crippen LogP contribution is -2.30. The number of anilines is 2. The highest BCUT2D eigenvalue weighted by molar-refractivity contribution is 7.80. The fourth-order valence-corrected chi connectivity index (χ4v) is 4.52. The summed E-state index contributed by atoms with van der Waals surface area (Å²) >= 11 is 5.80. The molecule has 2 N–H and O–H groups in total. The zero-order valence-electron chi connectivity index (χ0n) is 18.8. The molecular weight excluding hydrogens is 438 g/mol. The van der Waals surface area contributed by atoms with Crippen molar-refractivity contribution in [2.45, 2.75) is 25.6 Å². The molecule has 8 nitrogen and oxygen atoms in total. The first-order valence-electron chi connectivity index (χ1n) is 10.7. The number of hydrogen-bond donors (Lipinski definition) is 2. The SMILES string of the molecule is CCn1cccc1[C@@H]1[C@H](c2ccccn2)NC(=S)N1c1ccc(OC)c(NC(=O)COC)c1. The molecule has 1 amide bonds. The highest BCUT2D eigenvalue weighted by Crippen LogP contribution is 2.43. The number of carbonyl (C=O) groups is 1. The molecule has 1 aromatic carbocycles. The maximum atomic E-state index is 12.2. The number of amides is 1. The Hall–Kier alpha value is -3.43. The molecule has 0 bridgehead atoms. The van der Waals surface area contributed by atoms with Crippen LogP contribution >= 0.6 is 12.2 Å². The zero-order valence-corrected chi connectivity index (χ0v) is 19.6. The Bertz CT molecular complexity index is 1130. The van der Waals surface area contributed by atoms with Crippen LogP contribution in [-0.2, 0) is 16.1 Å². The van der Waals surface area contributed by atoms with Crippen LogP contribution in [0.25, 0.3) is 0 Å². The molecule has 2 atom stereocenters. The molecule has 3 aromatic rings. The van der Waals surface area contributed by atoms with Crippen LogP contribution in [0.15, 0.2) is 60.9 Å². The number of thiocarbonyl (C=S) groups is 1. The number of rotatable bonds is 8. The highest BCUT2D eigenvalue weighted by Gasteiger charge is 2.42. The molecule has 0 unspecified atom stereocenters. The summed E-state index contributed by atoms with van der Waals surface area (Å²) in [6.45, 7) is 2.89. The summed E-state index contributed by atoms with van der Waals surface area (Å²) in [5.74, 6) is 0.286. The minimum Gasteiger partial charge on any atom is -0.495 e. The van der Waals surface area contributed by atoms with Crippen molar-refractivity contribution < 1.29 is 14.3 Å². The number of pyridine rings is 1. The summed E-state index contributed by atoms with van der Waals surface area (Å²) in [4.78, 5) is 18.9. The molecule has 1 aliphatic heterocycles. The van der Waals surface area contributed by atoms with E-state index in [2.05, 4.69) is 44.3 Å². The molecule has 172 valence electrons. The van der Waals surface area contributed by atoms with Crippen LogP contribution in [0.3, 0.4) is 0 Å². The number of aryl methyl sites for hydroxylation is 1. The van der Waals surface area contributed by atoms with Crippen molar-refractivity contribution in [2.75, 3.05) is 31.0 Å². The van der Waals surface area contributed by atoms with Crippen LogP contribution in [-0.4, -0.2) is 41.4 Å². The van der Waals surface area contributed by atoms with Crippen molar-refractivity contribution >= 4 is 34.6 Å². The summed E-state index contributed by atoms with van der Waals surface area (Å²) in [6.07, 6.45) is 3.85. The van der Waals surface area contributed by atoms with Crippen molar-refractivity contribution in [3.63, 3.8) is 0 Å². The average molecular weight is 466 g/mol. The topological polar surface area (TPSA) is 80.7 Å². The van der Waals surface area contributed by atoms with Gasteiger partial charge in [0.05, 0.1) is 24.5 Å². The first kappa shape index (κ1) is 22.8. The summed E-state index contributed by atoms with van der Waals surface area (Å²) in [5.41, 5.74) is 3.39. The Labute approximate surface area is 198 Å². The predicted octanol–water partition coefficient (Wildman–Crippen LogP) is 3.67. The first-order valence-corrected chi connectivity index (χ1v) is 11.1. The monoisotopic (exact) mass is 465 g/mol. The van der Waals surface area contributed by atoms with E-state index in [9.17, 15) is 4.79 Å². The van der Waals surface area contributed by atoms with E-state index in [1.54, 1.807) is 13.3 Å². The van der Waals surface area contributed by atoms with E-state index in [-0.39, 0.29) is 24.6 Å². The molecule has 0 radical (unpaired) electrons. The molecule has 3 heterocycles. The van der Waals surface area contributed by atoms with E-state index in [4.69, 9.17) is 21.7 Å².